The first-order valence-electron chi connectivity index (χ1n) is 8.03. The first-order chi connectivity index (χ1) is 11.6. The molecule has 2 heterocycles. The fourth-order valence-electron chi connectivity index (χ4n) is 3.05. The van der Waals surface area contributed by atoms with Crippen molar-refractivity contribution < 1.29 is 14.3 Å². The Morgan fingerprint density at radius 1 is 1.42 bits per heavy atom. The van der Waals surface area contributed by atoms with Gasteiger partial charge in [-0.3, -0.25) is 4.79 Å². The van der Waals surface area contributed by atoms with Crippen LogP contribution in [0.15, 0.2) is 42.6 Å². The molecule has 1 aliphatic heterocycles. The van der Waals surface area contributed by atoms with Crippen LogP contribution in [0.25, 0.3) is 0 Å². The molecule has 126 valence electrons. The lowest BCUT2D eigenvalue weighted by atomic mass is 10.0. The molecule has 1 saturated heterocycles. The van der Waals surface area contributed by atoms with Gasteiger partial charge in [-0.2, -0.15) is 0 Å². The number of amides is 1. The van der Waals surface area contributed by atoms with Gasteiger partial charge in [0.05, 0.1) is 17.7 Å². The van der Waals surface area contributed by atoms with E-state index in [9.17, 15) is 14.3 Å². The molecule has 0 bridgehead atoms. The molecule has 0 aliphatic carbocycles. The van der Waals surface area contributed by atoms with E-state index in [-0.39, 0.29) is 17.8 Å². The van der Waals surface area contributed by atoms with Gasteiger partial charge in [0.1, 0.15) is 11.6 Å². The number of aliphatic hydroxyl groups excluding tert-OH is 1. The first kappa shape index (κ1) is 16.4. The maximum Gasteiger partial charge on any atom is 0.252 e. The second kappa shape index (κ2) is 6.97. The third-order valence-corrected chi connectivity index (χ3v) is 4.15. The van der Waals surface area contributed by atoms with Crippen LogP contribution in [-0.2, 0) is 0 Å². The monoisotopic (exact) mass is 329 g/mol. The topological polar surface area (TPSA) is 65.5 Å². The minimum absolute atomic E-state index is 0.140. The quantitative estimate of drug-likeness (QED) is 0.903. The summed E-state index contributed by atoms with van der Waals surface area (Å²) in [5.41, 5.74) is 1.30. The Morgan fingerprint density at radius 3 is 2.92 bits per heavy atom. The molecular weight excluding hydrogens is 309 g/mol. The van der Waals surface area contributed by atoms with E-state index in [1.807, 2.05) is 17.9 Å². The summed E-state index contributed by atoms with van der Waals surface area (Å²) in [5.74, 6) is 0.196. The van der Waals surface area contributed by atoms with Gasteiger partial charge in [-0.1, -0.05) is 12.1 Å². The summed E-state index contributed by atoms with van der Waals surface area (Å²) < 4.78 is 13.5. The lowest BCUT2D eigenvalue weighted by molar-refractivity contribution is 0.0955. The SMILES string of the molecule is CCNC(=O)c1ccc(N2C[C@@H](O)C[C@@H]2c2cccc(F)c2)nc1. The number of β-amino-alcohol motifs (C(OH)–C–C–N with tert-alkyl or cyclic N) is 1. The molecule has 0 saturated carbocycles. The van der Waals surface area contributed by atoms with E-state index < -0.39 is 6.10 Å². The number of hydrogen-bond donors (Lipinski definition) is 2. The lowest BCUT2D eigenvalue weighted by Gasteiger charge is -2.26. The third-order valence-electron chi connectivity index (χ3n) is 4.15. The van der Waals surface area contributed by atoms with Crippen LogP contribution in [0.5, 0.6) is 0 Å². The van der Waals surface area contributed by atoms with Crippen LogP contribution >= 0.6 is 0 Å². The molecule has 0 unspecified atom stereocenters. The van der Waals surface area contributed by atoms with E-state index >= 15 is 0 Å². The summed E-state index contributed by atoms with van der Waals surface area (Å²) in [6.07, 6.45) is 1.54. The molecule has 5 nitrogen and oxygen atoms in total. The van der Waals surface area contributed by atoms with Gasteiger partial charge >= 0.3 is 0 Å². The van der Waals surface area contributed by atoms with Gasteiger partial charge in [-0.25, -0.2) is 9.37 Å². The van der Waals surface area contributed by atoms with Gasteiger partial charge in [-0.05, 0) is 43.2 Å². The second-order valence-corrected chi connectivity index (χ2v) is 5.88. The van der Waals surface area contributed by atoms with Crippen molar-refractivity contribution in [1.29, 1.82) is 0 Å². The number of carbonyl (C=O) groups excluding carboxylic acids is 1. The summed E-state index contributed by atoms with van der Waals surface area (Å²) in [7, 11) is 0. The van der Waals surface area contributed by atoms with E-state index in [1.54, 1.807) is 18.2 Å². The van der Waals surface area contributed by atoms with E-state index in [2.05, 4.69) is 10.3 Å². The van der Waals surface area contributed by atoms with Crippen LogP contribution in [0.2, 0.25) is 0 Å². The van der Waals surface area contributed by atoms with Gasteiger partial charge in [0.15, 0.2) is 0 Å². The molecular formula is C18H20FN3O2. The van der Waals surface area contributed by atoms with Crippen molar-refractivity contribution in [3.63, 3.8) is 0 Å². The predicted octanol–water partition coefficient (Wildman–Crippen LogP) is 2.28. The summed E-state index contributed by atoms with van der Waals surface area (Å²) >= 11 is 0. The van der Waals surface area contributed by atoms with Gasteiger partial charge in [-0.15, -0.1) is 0 Å². The molecule has 3 rings (SSSR count). The number of halogens is 1. The minimum Gasteiger partial charge on any atom is -0.391 e. The number of carbonyl (C=O) groups is 1. The van der Waals surface area contributed by atoms with Crippen LogP contribution in [-0.4, -0.2) is 35.2 Å². The zero-order valence-corrected chi connectivity index (χ0v) is 13.4. The molecule has 0 spiro atoms. The van der Waals surface area contributed by atoms with Gasteiger partial charge in [0.25, 0.3) is 5.91 Å². The third kappa shape index (κ3) is 3.38. The average Bonchev–Trinajstić information content (AvgIpc) is 2.97. The van der Waals surface area contributed by atoms with E-state index in [0.29, 0.717) is 30.9 Å². The summed E-state index contributed by atoms with van der Waals surface area (Å²) in [5, 5.41) is 12.8. The second-order valence-electron chi connectivity index (χ2n) is 5.88. The molecule has 2 aromatic rings. The predicted molar refractivity (Wildman–Crippen MR) is 89.4 cm³/mol. The van der Waals surface area contributed by atoms with Crippen molar-refractivity contribution in [2.45, 2.75) is 25.5 Å². The number of aliphatic hydroxyl groups is 1. The smallest absolute Gasteiger partial charge is 0.252 e. The Bertz CT molecular complexity index is 720. The fourth-order valence-corrected chi connectivity index (χ4v) is 3.05. The molecule has 1 aromatic heterocycles. The Labute approximate surface area is 140 Å². The highest BCUT2D eigenvalue weighted by Gasteiger charge is 2.33. The molecule has 1 aromatic carbocycles. The number of nitrogens with one attached hydrogen (secondary N) is 1. The number of aromatic nitrogens is 1. The van der Waals surface area contributed by atoms with Crippen molar-refractivity contribution in [2.24, 2.45) is 0 Å². The van der Waals surface area contributed by atoms with E-state index in [1.165, 1.54) is 18.3 Å². The molecule has 24 heavy (non-hydrogen) atoms. The van der Waals surface area contributed by atoms with Crippen molar-refractivity contribution in [3.8, 4) is 0 Å². The van der Waals surface area contributed by atoms with E-state index in [4.69, 9.17) is 0 Å². The highest BCUT2D eigenvalue weighted by molar-refractivity contribution is 5.94. The zero-order chi connectivity index (χ0) is 17.1. The average molecular weight is 329 g/mol. The molecule has 6 heteroatoms. The number of rotatable bonds is 4. The maximum absolute atomic E-state index is 13.5. The van der Waals surface area contributed by atoms with E-state index in [0.717, 1.165) is 5.56 Å². The fraction of sp³-hybridized carbons (Fsp3) is 0.333. The number of pyridine rings is 1. The van der Waals surface area contributed by atoms with Crippen LogP contribution in [0, 0.1) is 5.82 Å². The summed E-state index contributed by atoms with van der Waals surface area (Å²) in [6, 6.07) is 9.73. The molecule has 0 radical (unpaired) electrons. The number of anilines is 1. The van der Waals surface area contributed by atoms with Crippen LogP contribution < -0.4 is 10.2 Å². The summed E-state index contributed by atoms with van der Waals surface area (Å²) in [6.45, 7) is 2.84. The van der Waals surface area contributed by atoms with Gasteiger partial charge in [0.2, 0.25) is 0 Å². The zero-order valence-electron chi connectivity index (χ0n) is 13.4. The van der Waals surface area contributed by atoms with Crippen molar-refractivity contribution in [2.75, 3.05) is 18.0 Å². The lowest BCUT2D eigenvalue weighted by Crippen LogP contribution is -2.26. The Balaban J connectivity index is 1.85. The molecule has 1 amide bonds. The van der Waals surface area contributed by atoms with Gasteiger partial charge < -0.3 is 15.3 Å². The van der Waals surface area contributed by atoms with Crippen LogP contribution in [0.1, 0.15) is 35.3 Å². The number of nitrogens with zero attached hydrogens (tertiary/aromatic N) is 2. The molecule has 2 atom stereocenters. The highest BCUT2D eigenvalue weighted by Crippen LogP contribution is 2.35. The Morgan fingerprint density at radius 2 is 2.25 bits per heavy atom. The maximum atomic E-state index is 13.5. The van der Waals surface area contributed by atoms with Crippen molar-refractivity contribution in [3.05, 3.63) is 59.5 Å². The van der Waals surface area contributed by atoms with Crippen LogP contribution in [0.3, 0.4) is 0 Å². The Hall–Kier alpha value is -2.47. The molecule has 1 fully saturated rings. The molecule has 2 N–H and O–H groups in total. The Kier molecular flexibility index (Phi) is 4.76. The standard InChI is InChI=1S/C18H20FN3O2/c1-2-20-18(24)13-6-7-17(21-10-13)22-11-15(23)9-16(22)12-4-3-5-14(19)8-12/h3-8,10,15-16,23H,2,9,11H2,1H3,(H,20,24)/t15-,16+/m0/s1. The minimum atomic E-state index is -0.497. The normalized spacial score (nSPS) is 20.2. The van der Waals surface area contributed by atoms with Crippen molar-refractivity contribution >= 4 is 11.7 Å². The first-order valence-corrected chi connectivity index (χ1v) is 8.03. The van der Waals surface area contributed by atoms with Crippen molar-refractivity contribution in [1.82, 2.24) is 10.3 Å². The van der Waals surface area contributed by atoms with Gasteiger partial charge in [0, 0.05) is 19.3 Å². The summed E-state index contributed by atoms with van der Waals surface area (Å²) in [4.78, 5) is 18.1. The van der Waals surface area contributed by atoms with Crippen LogP contribution in [0.4, 0.5) is 10.2 Å². The molecule has 1 aliphatic rings. The largest absolute Gasteiger partial charge is 0.391 e. The highest BCUT2D eigenvalue weighted by atomic mass is 19.1. The number of hydrogen-bond acceptors (Lipinski definition) is 4. The number of benzene rings is 1.